The summed E-state index contributed by atoms with van der Waals surface area (Å²) in [6.45, 7) is 1.88. The number of hydrazine groups is 1. The van der Waals surface area contributed by atoms with Crippen LogP contribution in [0.4, 0.5) is 5.69 Å². The number of benzene rings is 2. The Morgan fingerprint density at radius 1 is 1.09 bits per heavy atom. The number of nitro benzene ring substituents is 1. The molecule has 23 heavy (non-hydrogen) atoms. The monoisotopic (exact) mass is 425 g/mol. The third kappa shape index (κ3) is 4.03. The fraction of sp³-hybridized carbons (Fsp3) is 0.0667. The lowest BCUT2D eigenvalue weighted by molar-refractivity contribution is -0.384. The van der Waals surface area contributed by atoms with Gasteiger partial charge < -0.3 is 0 Å². The maximum Gasteiger partial charge on any atom is 0.270 e. The van der Waals surface area contributed by atoms with E-state index in [2.05, 4.69) is 33.4 Å². The molecule has 0 aliphatic rings. The Kier molecular flexibility index (Phi) is 5.27. The Hall–Kier alpha value is -2.49. The van der Waals surface area contributed by atoms with Crippen molar-refractivity contribution in [3.63, 3.8) is 0 Å². The first kappa shape index (κ1) is 16.9. The molecule has 2 amide bonds. The first-order chi connectivity index (χ1) is 10.9. The lowest BCUT2D eigenvalue weighted by atomic mass is 10.1. The lowest BCUT2D eigenvalue weighted by Crippen LogP contribution is -2.42. The molecule has 2 rings (SSSR count). The predicted molar refractivity (Wildman–Crippen MR) is 91.9 cm³/mol. The van der Waals surface area contributed by atoms with Gasteiger partial charge in [-0.3, -0.25) is 30.6 Å². The number of nitro groups is 1. The van der Waals surface area contributed by atoms with E-state index in [1.165, 1.54) is 18.2 Å². The van der Waals surface area contributed by atoms with Crippen LogP contribution in [0.15, 0.2) is 42.5 Å². The van der Waals surface area contributed by atoms with Crippen molar-refractivity contribution in [3.05, 3.63) is 72.8 Å². The molecule has 118 valence electrons. The quantitative estimate of drug-likeness (QED) is 0.449. The largest absolute Gasteiger partial charge is 0.270 e. The summed E-state index contributed by atoms with van der Waals surface area (Å²) in [5, 5.41) is 10.7. The van der Waals surface area contributed by atoms with Crippen LogP contribution in [0.25, 0.3) is 0 Å². The van der Waals surface area contributed by atoms with Gasteiger partial charge in [0.2, 0.25) is 0 Å². The van der Waals surface area contributed by atoms with E-state index in [9.17, 15) is 19.7 Å². The third-order valence-electron chi connectivity index (χ3n) is 3.05. The van der Waals surface area contributed by atoms with E-state index in [1.807, 2.05) is 13.0 Å². The molecule has 0 saturated carbocycles. The smallest absolute Gasteiger partial charge is 0.267 e. The van der Waals surface area contributed by atoms with Gasteiger partial charge >= 0.3 is 0 Å². The number of hydrogen-bond donors (Lipinski definition) is 2. The van der Waals surface area contributed by atoms with Gasteiger partial charge in [-0.05, 0) is 47.2 Å². The van der Waals surface area contributed by atoms with E-state index >= 15 is 0 Å². The van der Waals surface area contributed by atoms with Crippen molar-refractivity contribution < 1.29 is 14.5 Å². The number of carbonyl (C=O) groups excluding carboxylic acids is 2. The van der Waals surface area contributed by atoms with Crippen molar-refractivity contribution in [1.29, 1.82) is 0 Å². The Balaban J connectivity index is 2.07. The molecule has 7 nitrogen and oxygen atoms in total. The summed E-state index contributed by atoms with van der Waals surface area (Å²) in [7, 11) is 0. The lowest BCUT2D eigenvalue weighted by Gasteiger charge is -2.09. The van der Waals surface area contributed by atoms with E-state index in [0.29, 0.717) is 5.56 Å². The van der Waals surface area contributed by atoms with Crippen LogP contribution in [0.3, 0.4) is 0 Å². The van der Waals surface area contributed by atoms with Crippen LogP contribution < -0.4 is 10.9 Å². The molecule has 2 N–H and O–H groups in total. The molecule has 0 atom stereocenters. The second-order valence-corrected chi connectivity index (χ2v) is 5.73. The number of carbonyl (C=O) groups is 2. The normalized spacial score (nSPS) is 10.0. The van der Waals surface area contributed by atoms with Gasteiger partial charge in [0.15, 0.2) is 0 Å². The van der Waals surface area contributed by atoms with Gasteiger partial charge in [-0.1, -0.05) is 18.2 Å². The van der Waals surface area contributed by atoms with Crippen molar-refractivity contribution in [1.82, 2.24) is 10.9 Å². The molecule has 0 aliphatic heterocycles. The van der Waals surface area contributed by atoms with Crippen molar-refractivity contribution in [3.8, 4) is 0 Å². The third-order valence-corrected chi connectivity index (χ3v) is 4.48. The number of nitrogens with one attached hydrogen (secondary N) is 2. The number of rotatable bonds is 3. The van der Waals surface area contributed by atoms with Gasteiger partial charge in [0, 0.05) is 21.3 Å². The van der Waals surface area contributed by atoms with Gasteiger partial charge in [0.25, 0.3) is 17.5 Å². The van der Waals surface area contributed by atoms with Crippen LogP contribution in [0, 0.1) is 20.6 Å². The fourth-order valence-electron chi connectivity index (χ4n) is 1.84. The Morgan fingerprint density at radius 2 is 1.74 bits per heavy atom. The topological polar surface area (TPSA) is 101 Å². The average Bonchev–Trinajstić information content (AvgIpc) is 2.55. The summed E-state index contributed by atoms with van der Waals surface area (Å²) in [5.74, 6) is -1.10. The highest BCUT2D eigenvalue weighted by Crippen LogP contribution is 2.16. The molecule has 2 aromatic carbocycles. The number of nitrogens with zero attached hydrogens (tertiary/aromatic N) is 1. The minimum atomic E-state index is -0.635. The molecule has 0 aromatic heterocycles. The molecule has 0 fully saturated rings. The molecule has 0 radical (unpaired) electrons. The number of non-ortho nitro benzene ring substituents is 1. The molecule has 2 aromatic rings. The van der Waals surface area contributed by atoms with E-state index < -0.39 is 16.7 Å². The second-order valence-electron chi connectivity index (χ2n) is 4.65. The molecule has 0 aliphatic carbocycles. The first-order valence-electron chi connectivity index (χ1n) is 6.50. The van der Waals surface area contributed by atoms with Gasteiger partial charge in [-0.2, -0.15) is 0 Å². The minimum absolute atomic E-state index is 0.0819. The zero-order chi connectivity index (χ0) is 17.0. The molecular weight excluding hydrogens is 413 g/mol. The first-order valence-corrected chi connectivity index (χ1v) is 7.58. The number of hydrogen-bond acceptors (Lipinski definition) is 4. The molecule has 0 unspecified atom stereocenters. The standard InChI is InChI=1S/C15H12IN3O4/c1-9-4-2-7-12(13(9)16)15(21)18-17-14(20)10-5-3-6-11(8-10)19(22)23/h2-8H,1H3,(H,17,20)(H,18,21). The summed E-state index contributed by atoms with van der Waals surface area (Å²) in [6, 6.07) is 10.5. The highest BCUT2D eigenvalue weighted by molar-refractivity contribution is 14.1. The highest BCUT2D eigenvalue weighted by atomic mass is 127. The van der Waals surface area contributed by atoms with Crippen molar-refractivity contribution in [2.75, 3.05) is 0 Å². The summed E-state index contributed by atoms with van der Waals surface area (Å²) < 4.78 is 0.784. The van der Waals surface area contributed by atoms with E-state index in [1.54, 1.807) is 12.1 Å². The average molecular weight is 425 g/mol. The van der Waals surface area contributed by atoms with Crippen LogP contribution in [0.2, 0.25) is 0 Å². The number of aryl methyl sites for hydroxylation is 1. The van der Waals surface area contributed by atoms with E-state index in [-0.39, 0.29) is 11.3 Å². The van der Waals surface area contributed by atoms with Crippen LogP contribution in [0.5, 0.6) is 0 Å². The molecule has 0 bridgehead atoms. The summed E-state index contributed by atoms with van der Waals surface area (Å²) in [4.78, 5) is 34.2. The SMILES string of the molecule is Cc1cccc(C(=O)NNC(=O)c2cccc([N+](=O)[O-])c2)c1I. The van der Waals surface area contributed by atoms with Crippen molar-refractivity contribution in [2.45, 2.75) is 6.92 Å². The molecule has 8 heteroatoms. The van der Waals surface area contributed by atoms with Gasteiger partial charge in [0.1, 0.15) is 0 Å². The summed E-state index contributed by atoms with van der Waals surface area (Å²) >= 11 is 2.05. The molecular formula is C15H12IN3O4. The van der Waals surface area contributed by atoms with Crippen molar-refractivity contribution in [2.24, 2.45) is 0 Å². The van der Waals surface area contributed by atoms with Gasteiger partial charge in [-0.25, -0.2) is 0 Å². The van der Waals surface area contributed by atoms with Crippen LogP contribution in [0.1, 0.15) is 26.3 Å². The van der Waals surface area contributed by atoms with Gasteiger partial charge in [-0.15, -0.1) is 0 Å². The maximum atomic E-state index is 12.1. The predicted octanol–water partition coefficient (Wildman–Crippen LogP) is 2.58. The summed E-state index contributed by atoms with van der Waals surface area (Å²) in [5.41, 5.74) is 5.81. The molecule has 0 spiro atoms. The minimum Gasteiger partial charge on any atom is -0.267 e. The maximum absolute atomic E-state index is 12.1. The van der Waals surface area contributed by atoms with Crippen LogP contribution in [-0.4, -0.2) is 16.7 Å². The zero-order valence-corrected chi connectivity index (χ0v) is 14.2. The second kappa shape index (κ2) is 7.18. The Bertz CT molecular complexity index is 792. The van der Waals surface area contributed by atoms with E-state index in [4.69, 9.17) is 0 Å². The fourth-order valence-corrected chi connectivity index (χ4v) is 2.44. The van der Waals surface area contributed by atoms with Crippen molar-refractivity contribution >= 4 is 40.1 Å². The Morgan fingerprint density at radius 3 is 2.43 bits per heavy atom. The van der Waals surface area contributed by atoms with Crippen LogP contribution in [-0.2, 0) is 0 Å². The molecule has 0 heterocycles. The highest BCUT2D eigenvalue weighted by Gasteiger charge is 2.14. The zero-order valence-electron chi connectivity index (χ0n) is 12.0. The molecule has 0 saturated heterocycles. The Labute approximate surface area is 145 Å². The van der Waals surface area contributed by atoms with Gasteiger partial charge in [0.05, 0.1) is 10.5 Å². The van der Waals surface area contributed by atoms with E-state index in [0.717, 1.165) is 15.2 Å². The van der Waals surface area contributed by atoms with Crippen LogP contribution >= 0.6 is 22.6 Å². The number of amides is 2. The number of halogens is 1. The summed E-state index contributed by atoms with van der Waals surface area (Å²) in [6.07, 6.45) is 0.